The van der Waals surface area contributed by atoms with Crippen molar-refractivity contribution < 1.29 is 9.47 Å². The monoisotopic (exact) mass is 326 g/mol. The van der Waals surface area contributed by atoms with Crippen molar-refractivity contribution in [2.24, 2.45) is 0 Å². The molecule has 3 heterocycles. The fourth-order valence-corrected chi connectivity index (χ4v) is 2.41. The van der Waals surface area contributed by atoms with Gasteiger partial charge in [0, 0.05) is 35.8 Å². The molecule has 0 bridgehead atoms. The predicted octanol–water partition coefficient (Wildman–Crippen LogP) is 3.66. The van der Waals surface area contributed by atoms with Crippen LogP contribution in [0.3, 0.4) is 0 Å². The Morgan fingerprint density at radius 3 is 2.83 bits per heavy atom. The summed E-state index contributed by atoms with van der Waals surface area (Å²) in [5.41, 5.74) is 1.62. The molecule has 7 heteroatoms. The number of halogens is 1. The van der Waals surface area contributed by atoms with E-state index in [9.17, 15) is 0 Å². The third-order valence-corrected chi connectivity index (χ3v) is 3.45. The highest BCUT2D eigenvalue weighted by Crippen LogP contribution is 2.35. The number of pyridine rings is 1. The summed E-state index contributed by atoms with van der Waals surface area (Å²) in [6, 6.07) is 10.9. The van der Waals surface area contributed by atoms with Gasteiger partial charge < -0.3 is 14.8 Å². The molecule has 3 aromatic rings. The molecular formula is C16H11ClN4O2. The summed E-state index contributed by atoms with van der Waals surface area (Å²) in [7, 11) is 0. The lowest BCUT2D eigenvalue weighted by atomic mass is 10.2. The first-order chi connectivity index (χ1) is 11.3. The molecule has 0 atom stereocenters. The minimum absolute atomic E-state index is 0.239. The molecule has 4 rings (SSSR count). The highest BCUT2D eigenvalue weighted by molar-refractivity contribution is 6.29. The molecule has 2 aromatic heterocycles. The van der Waals surface area contributed by atoms with Crippen LogP contribution in [0, 0.1) is 0 Å². The highest BCUT2D eigenvalue weighted by Gasteiger charge is 2.14. The molecule has 0 spiro atoms. The molecular weight excluding hydrogens is 316 g/mol. The zero-order valence-electron chi connectivity index (χ0n) is 11.9. The Morgan fingerprint density at radius 2 is 1.96 bits per heavy atom. The van der Waals surface area contributed by atoms with E-state index in [0.29, 0.717) is 22.5 Å². The van der Waals surface area contributed by atoms with Crippen LogP contribution >= 0.6 is 11.6 Å². The fraction of sp³-hybridized carbons (Fsp3) is 0.0625. The van der Waals surface area contributed by atoms with Crippen molar-refractivity contribution in [1.82, 2.24) is 15.0 Å². The molecule has 0 fully saturated rings. The zero-order chi connectivity index (χ0) is 15.6. The molecule has 0 unspecified atom stereocenters. The maximum absolute atomic E-state index is 6.10. The van der Waals surface area contributed by atoms with E-state index in [1.165, 1.54) is 0 Å². The van der Waals surface area contributed by atoms with Crippen LogP contribution in [0.4, 0.5) is 11.5 Å². The van der Waals surface area contributed by atoms with Gasteiger partial charge in [-0.25, -0.2) is 9.97 Å². The maximum Gasteiger partial charge on any atom is 0.231 e. The van der Waals surface area contributed by atoms with E-state index in [2.05, 4.69) is 20.3 Å². The number of rotatable bonds is 3. The van der Waals surface area contributed by atoms with E-state index < -0.39 is 0 Å². The van der Waals surface area contributed by atoms with E-state index in [0.717, 1.165) is 17.0 Å². The summed E-state index contributed by atoms with van der Waals surface area (Å²) in [6.45, 7) is 0.239. The van der Waals surface area contributed by atoms with Crippen molar-refractivity contribution in [3.63, 3.8) is 0 Å². The number of nitrogens with one attached hydrogen (secondary N) is 1. The Kier molecular flexibility index (Phi) is 3.44. The van der Waals surface area contributed by atoms with Crippen LogP contribution < -0.4 is 14.8 Å². The predicted molar refractivity (Wildman–Crippen MR) is 86.1 cm³/mol. The van der Waals surface area contributed by atoms with Gasteiger partial charge in [0.2, 0.25) is 6.79 Å². The van der Waals surface area contributed by atoms with Crippen LogP contribution in [0.5, 0.6) is 11.5 Å². The zero-order valence-corrected chi connectivity index (χ0v) is 12.6. The van der Waals surface area contributed by atoms with Gasteiger partial charge in [0.15, 0.2) is 17.3 Å². The molecule has 0 radical (unpaired) electrons. The van der Waals surface area contributed by atoms with E-state index in [-0.39, 0.29) is 6.79 Å². The number of hydrogen-bond acceptors (Lipinski definition) is 6. The van der Waals surface area contributed by atoms with Crippen LogP contribution in [0.25, 0.3) is 11.4 Å². The van der Waals surface area contributed by atoms with E-state index in [1.54, 1.807) is 18.5 Å². The SMILES string of the molecule is Clc1cc(Nc2ccc3c(c2)OCO3)nc(-c2cccnc2)n1. The van der Waals surface area contributed by atoms with Crippen molar-refractivity contribution in [3.05, 3.63) is 53.9 Å². The van der Waals surface area contributed by atoms with Crippen LogP contribution in [0.2, 0.25) is 5.15 Å². The van der Waals surface area contributed by atoms with Gasteiger partial charge in [0.05, 0.1) is 0 Å². The molecule has 0 aliphatic carbocycles. The van der Waals surface area contributed by atoms with Crippen LogP contribution in [-0.2, 0) is 0 Å². The first-order valence-electron chi connectivity index (χ1n) is 6.89. The van der Waals surface area contributed by atoms with E-state index in [4.69, 9.17) is 21.1 Å². The third kappa shape index (κ3) is 2.89. The standard InChI is InChI=1S/C16H11ClN4O2/c17-14-7-15(21-16(20-14)10-2-1-5-18-8-10)19-11-3-4-12-13(6-11)23-9-22-12/h1-8H,9H2,(H,19,20,21). The minimum atomic E-state index is 0.239. The molecule has 0 saturated carbocycles. The van der Waals surface area contributed by atoms with Crippen molar-refractivity contribution in [2.75, 3.05) is 12.1 Å². The summed E-state index contributed by atoms with van der Waals surface area (Å²) in [5, 5.41) is 3.54. The third-order valence-electron chi connectivity index (χ3n) is 3.26. The Morgan fingerprint density at radius 1 is 1.04 bits per heavy atom. The maximum atomic E-state index is 6.10. The Balaban J connectivity index is 1.65. The van der Waals surface area contributed by atoms with Crippen LogP contribution in [0.1, 0.15) is 0 Å². The number of hydrogen-bond donors (Lipinski definition) is 1. The Labute approximate surface area is 137 Å². The number of benzene rings is 1. The molecule has 0 saturated heterocycles. The van der Waals surface area contributed by atoms with Crippen molar-refractivity contribution in [3.8, 4) is 22.9 Å². The summed E-state index contributed by atoms with van der Waals surface area (Å²) in [5.74, 6) is 2.52. The molecule has 1 aromatic carbocycles. The van der Waals surface area contributed by atoms with Gasteiger partial charge in [-0.2, -0.15) is 0 Å². The number of fused-ring (bicyclic) bond motifs is 1. The van der Waals surface area contributed by atoms with E-state index in [1.807, 2.05) is 30.3 Å². The lowest BCUT2D eigenvalue weighted by Crippen LogP contribution is -1.98. The van der Waals surface area contributed by atoms with Gasteiger partial charge >= 0.3 is 0 Å². The minimum Gasteiger partial charge on any atom is -0.454 e. The molecule has 23 heavy (non-hydrogen) atoms. The second-order valence-corrected chi connectivity index (χ2v) is 5.22. The number of aromatic nitrogens is 3. The van der Waals surface area contributed by atoms with Crippen molar-refractivity contribution >= 4 is 23.1 Å². The molecule has 0 amide bonds. The van der Waals surface area contributed by atoms with E-state index >= 15 is 0 Å². The average molecular weight is 327 g/mol. The van der Waals surface area contributed by atoms with Gasteiger partial charge in [-0.05, 0) is 24.3 Å². The van der Waals surface area contributed by atoms with Crippen LogP contribution in [0.15, 0.2) is 48.8 Å². The van der Waals surface area contributed by atoms with Crippen molar-refractivity contribution in [2.45, 2.75) is 0 Å². The highest BCUT2D eigenvalue weighted by atomic mass is 35.5. The largest absolute Gasteiger partial charge is 0.454 e. The lowest BCUT2D eigenvalue weighted by molar-refractivity contribution is 0.174. The van der Waals surface area contributed by atoms with Gasteiger partial charge in [-0.3, -0.25) is 4.98 Å². The smallest absolute Gasteiger partial charge is 0.231 e. The summed E-state index contributed by atoms with van der Waals surface area (Å²) < 4.78 is 10.7. The Bertz CT molecular complexity index is 858. The van der Waals surface area contributed by atoms with Gasteiger partial charge in [-0.15, -0.1) is 0 Å². The van der Waals surface area contributed by atoms with Gasteiger partial charge in [0.25, 0.3) is 0 Å². The molecule has 1 aliphatic heterocycles. The van der Waals surface area contributed by atoms with Gasteiger partial charge in [-0.1, -0.05) is 11.6 Å². The fourth-order valence-electron chi connectivity index (χ4n) is 2.23. The molecule has 1 aliphatic rings. The normalized spacial score (nSPS) is 12.2. The van der Waals surface area contributed by atoms with Crippen molar-refractivity contribution in [1.29, 1.82) is 0 Å². The lowest BCUT2D eigenvalue weighted by Gasteiger charge is -2.08. The average Bonchev–Trinajstić information content (AvgIpc) is 3.03. The molecule has 6 nitrogen and oxygen atoms in total. The summed E-state index contributed by atoms with van der Waals surface area (Å²) >= 11 is 6.10. The quantitative estimate of drug-likeness (QED) is 0.741. The summed E-state index contributed by atoms with van der Waals surface area (Å²) in [6.07, 6.45) is 3.38. The van der Waals surface area contributed by atoms with Crippen LogP contribution in [-0.4, -0.2) is 21.7 Å². The first kappa shape index (κ1) is 13.8. The number of anilines is 2. The number of nitrogens with zero attached hydrogens (tertiary/aromatic N) is 3. The topological polar surface area (TPSA) is 69.2 Å². The first-order valence-corrected chi connectivity index (χ1v) is 7.27. The number of ether oxygens (including phenoxy) is 2. The second-order valence-electron chi connectivity index (χ2n) is 4.83. The molecule has 1 N–H and O–H groups in total. The van der Waals surface area contributed by atoms with Gasteiger partial charge in [0.1, 0.15) is 11.0 Å². The summed E-state index contributed by atoms with van der Waals surface area (Å²) in [4.78, 5) is 12.8. The second kappa shape index (κ2) is 5.73. The Hall–Kier alpha value is -2.86. The molecule has 114 valence electrons.